The first kappa shape index (κ1) is 16.7. The van der Waals surface area contributed by atoms with Gasteiger partial charge in [-0.05, 0) is 43.9 Å². The van der Waals surface area contributed by atoms with Gasteiger partial charge in [0.25, 0.3) is 5.91 Å². The highest BCUT2D eigenvalue weighted by Gasteiger charge is 2.16. The fraction of sp³-hybridized carbons (Fsp3) is 0.444. The van der Waals surface area contributed by atoms with E-state index in [4.69, 9.17) is 4.52 Å². The normalized spacial score (nSPS) is 16.2. The highest BCUT2D eigenvalue weighted by atomic mass is 16.5. The first-order valence-electron chi connectivity index (χ1n) is 8.34. The van der Waals surface area contributed by atoms with Gasteiger partial charge in [-0.2, -0.15) is 0 Å². The fourth-order valence-electron chi connectivity index (χ4n) is 2.85. The molecule has 1 aromatic heterocycles. The minimum absolute atomic E-state index is 0.127. The fourth-order valence-corrected chi connectivity index (χ4v) is 2.85. The summed E-state index contributed by atoms with van der Waals surface area (Å²) < 4.78 is 4.91. The molecule has 1 fully saturated rings. The Labute approximate surface area is 141 Å². The van der Waals surface area contributed by atoms with Crippen molar-refractivity contribution >= 4 is 11.6 Å². The van der Waals surface area contributed by atoms with E-state index in [1.165, 1.54) is 5.56 Å². The number of piperidine rings is 1. The first-order chi connectivity index (χ1) is 11.6. The first-order valence-corrected chi connectivity index (χ1v) is 8.34. The van der Waals surface area contributed by atoms with Crippen molar-refractivity contribution in [3.05, 3.63) is 47.3 Å². The van der Waals surface area contributed by atoms with Crippen LogP contribution in [0, 0.1) is 6.92 Å². The van der Waals surface area contributed by atoms with Crippen LogP contribution in [0.4, 0.5) is 5.69 Å². The van der Waals surface area contributed by atoms with Crippen molar-refractivity contribution in [3.63, 3.8) is 0 Å². The molecular weight excluding hydrogens is 306 g/mol. The molecule has 1 aliphatic heterocycles. The van der Waals surface area contributed by atoms with Crippen LogP contribution in [0.1, 0.15) is 34.7 Å². The highest BCUT2D eigenvalue weighted by Crippen LogP contribution is 2.14. The van der Waals surface area contributed by atoms with Crippen LogP contribution < -0.4 is 5.32 Å². The Bertz CT molecular complexity index is 673. The zero-order chi connectivity index (χ0) is 16.9. The second kappa shape index (κ2) is 7.59. The average Bonchev–Trinajstić information content (AvgIpc) is 3.02. The molecule has 1 saturated heterocycles. The molecule has 2 N–H and O–H groups in total. The van der Waals surface area contributed by atoms with Crippen LogP contribution in [-0.4, -0.2) is 46.8 Å². The SMILES string of the molecule is Cc1cc(C(=O)Nc2ccc(CCN3CCC(O)CC3)cc2)no1. The Hall–Kier alpha value is -2.18. The van der Waals surface area contributed by atoms with Gasteiger partial charge in [-0.3, -0.25) is 4.79 Å². The Morgan fingerprint density at radius 1 is 1.33 bits per heavy atom. The van der Waals surface area contributed by atoms with E-state index < -0.39 is 0 Å². The second-order valence-corrected chi connectivity index (χ2v) is 6.30. The zero-order valence-corrected chi connectivity index (χ0v) is 13.9. The molecule has 0 bridgehead atoms. The maximum absolute atomic E-state index is 12.0. The number of benzene rings is 1. The molecule has 1 aromatic carbocycles. The summed E-state index contributed by atoms with van der Waals surface area (Å²) in [6.07, 6.45) is 2.57. The van der Waals surface area contributed by atoms with Gasteiger partial charge in [0.15, 0.2) is 5.69 Å². The number of carbonyl (C=O) groups is 1. The minimum atomic E-state index is -0.272. The molecular formula is C18H23N3O3. The number of aryl methyl sites for hydroxylation is 1. The number of carbonyl (C=O) groups excluding carboxylic acids is 1. The number of aromatic nitrogens is 1. The minimum Gasteiger partial charge on any atom is -0.393 e. The number of aliphatic hydroxyl groups is 1. The van der Waals surface area contributed by atoms with Crippen LogP contribution in [0.3, 0.4) is 0 Å². The lowest BCUT2D eigenvalue weighted by molar-refractivity contribution is 0.0832. The highest BCUT2D eigenvalue weighted by molar-refractivity contribution is 6.02. The van der Waals surface area contributed by atoms with Crippen molar-refractivity contribution in [2.24, 2.45) is 0 Å². The standard InChI is InChI=1S/C18H23N3O3/c1-13-12-17(20-24-13)18(23)19-15-4-2-14(3-5-15)6-9-21-10-7-16(22)8-11-21/h2-5,12,16,22H,6-11H2,1H3,(H,19,23). The van der Waals surface area contributed by atoms with E-state index in [-0.39, 0.29) is 17.7 Å². The number of nitrogens with one attached hydrogen (secondary N) is 1. The van der Waals surface area contributed by atoms with Gasteiger partial charge < -0.3 is 19.8 Å². The van der Waals surface area contributed by atoms with Crippen molar-refractivity contribution < 1.29 is 14.4 Å². The van der Waals surface area contributed by atoms with Crippen molar-refractivity contribution in [3.8, 4) is 0 Å². The average molecular weight is 329 g/mol. The van der Waals surface area contributed by atoms with Crippen LogP contribution in [0.15, 0.2) is 34.9 Å². The second-order valence-electron chi connectivity index (χ2n) is 6.30. The molecule has 0 aliphatic carbocycles. The van der Waals surface area contributed by atoms with Gasteiger partial charge >= 0.3 is 0 Å². The van der Waals surface area contributed by atoms with Gasteiger partial charge in [-0.1, -0.05) is 17.3 Å². The van der Waals surface area contributed by atoms with E-state index in [1.807, 2.05) is 24.3 Å². The topological polar surface area (TPSA) is 78.6 Å². The number of aliphatic hydroxyl groups excluding tert-OH is 1. The number of hydrogen-bond acceptors (Lipinski definition) is 5. The molecule has 1 amide bonds. The predicted molar refractivity (Wildman–Crippen MR) is 91.0 cm³/mol. The van der Waals surface area contributed by atoms with E-state index in [0.717, 1.165) is 44.6 Å². The Kier molecular flexibility index (Phi) is 5.27. The summed E-state index contributed by atoms with van der Waals surface area (Å²) in [6, 6.07) is 9.48. The smallest absolute Gasteiger partial charge is 0.277 e. The quantitative estimate of drug-likeness (QED) is 0.879. The van der Waals surface area contributed by atoms with Crippen molar-refractivity contribution in [2.45, 2.75) is 32.3 Å². The van der Waals surface area contributed by atoms with Crippen LogP contribution >= 0.6 is 0 Å². The summed E-state index contributed by atoms with van der Waals surface area (Å²) >= 11 is 0. The number of likely N-dealkylation sites (tertiary alicyclic amines) is 1. The molecule has 3 rings (SSSR count). The van der Waals surface area contributed by atoms with Crippen molar-refractivity contribution in [2.75, 3.05) is 25.0 Å². The van der Waals surface area contributed by atoms with Gasteiger partial charge in [-0.25, -0.2) is 0 Å². The lowest BCUT2D eigenvalue weighted by atomic mass is 10.1. The Morgan fingerprint density at radius 3 is 2.67 bits per heavy atom. The third kappa shape index (κ3) is 4.43. The number of anilines is 1. The van der Waals surface area contributed by atoms with E-state index in [2.05, 4.69) is 15.4 Å². The lowest BCUT2D eigenvalue weighted by Crippen LogP contribution is -2.37. The molecule has 1 aliphatic rings. The molecule has 6 heteroatoms. The maximum atomic E-state index is 12.0. The molecule has 0 atom stereocenters. The summed E-state index contributed by atoms with van der Waals surface area (Å²) in [4.78, 5) is 14.4. The summed E-state index contributed by atoms with van der Waals surface area (Å²) in [7, 11) is 0. The largest absolute Gasteiger partial charge is 0.393 e. The van der Waals surface area contributed by atoms with E-state index in [0.29, 0.717) is 5.76 Å². The molecule has 2 aromatic rings. The van der Waals surface area contributed by atoms with E-state index >= 15 is 0 Å². The summed E-state index contributed by atoms with van der Waals surface area (Å²) in [5, 5.41) is 16.0. The van der Waals surface area contributed by atoms with Crippen LogP contribution in [0.2, 0.25) is 0 Å². The lowest BCUT2D eigenvalue weighted by Gasteiger charge is -2.29. The van der Waals surface area contributed by atoms with Gasteiger partial charge in [0, 0.05) is 31.4 Å². The van der Waals surface area contributed by atoms with Gasteiger partial charge in [0.2, 0.25) is 0 Å². The van der Waals surface area contributed by atoms with Crippen LogP contribution in [-0.2, 0) is 6.42 Å². The third-order valence-corrected chi connectivity index (χ3v) is 4.35. The molecule has 128 valence electrons. The van der Waals surface area contributed by atoms with Gasteiger partial charge in [0.05, 0.1) is 6.10 Å². The van der Waals surface area contributed by atoms with Gasteiger partial charge in [-0.15, -0.1) is 0 Å². The molecule has 0 saturated carbocycles. The number of amides is 1. The molecule has 2 heterocycles. The summed E-state index contributed by atoms with van der Waals surface area (Å²) in [5.41, 5.74) is 2.26. The Morgan fingerprint density at radius 2 is 2.04 bits per heavy atom. The third-order valence-electron chi connectivity index (χ3n) is 4.35. The molecule has 0 spiro atoms. The van der Waals surface area contributed by atoms with E-state index in [9.17, 15) is 9.90 Å². The molecule has 24 heavy (non-hydrogen) atoms. The number of hydrogen-bond donors (Lipinski definition) is 2. The maximum Gasteiger partial charge on any atom is 0.277 e. The monoisotopic (exact) mass is 329 g/mol. The summed E-state index contributed by atoms with van der Waals surface area (Å²) in [6.45, 7) is 4.68. The van der Waals surface area contributed by atoms with Crippen molar-refractivity contribution in [1.29, 1.82) is 0 Å². The van der Waals surface area contributed by atoms with Gasteiger partial charge in [0.1, 0.15) is 5.76 Å². The summed E-state index contributed by atoms with van der Waals surface area (Å²) in [5.74, 6) is 0.340. The molecule has 0 unspecified atom stereocenters. The van der Waals surface area contributed by atoms with Crippen LogP contribution in [0.5, 0.6) is 0 Å². The van der Waals surface area contributed by atoms with Crippen molar-refractivity contribution in [1.82, 2.24) is 10.1 Å². The molecule has 0 radical (unpaired) electrons. The predicted octanol–water partition coefficient (Wildman–Crippen LogP) is 2.23. The molecule has 6 nitrogen and oxygen atoms in total. The Balaban J connectivity index is 1.49. The number of rotatable bonds is 5. The van der Waals surface area contributed by atoms with Crippen LogP contribution in [0.25, 0.3) is 0 Å². The van der Waals surface area contributed by atoms with E-state index in [1.54, 1.807) is 13.0 Å². The number of nitrogens with zero attached hydrogens (tertiary/aromatic N) is 2. The zero-order valence-electron chi connectivity index (χ0n) is 13.9.